The maximum Gasteiger partial charge on any atom is 0.306 e. The highest BCUT2D eigenvalue weighted by molar-refractivity contribution is 5.81. The number of hydrogen-bond donors (Lipinski definition) is 1. The zero-order chi connectivity index (χ0) is 12.4. The van der Waals surface area contributed by atoms with Gasteiger partial charge in [0.15, 0.2) is 0 Å². The van der Waals surface area contributed by atoms with E-state index in [0.717, 1.165) is 19.3 Å². The first-order chi connectivity index (χ1) is 7.63. The van der Waals surface area contributed by atoms with Gasteiger partial charge >= 0.3 is 5.97 Å². The Morgan fingerprint density at radius 1 is 1.19 bits per heavy atom. The van der Waals surface area contributed by atoms with Gasteiger partial charge < -0.3 is 10.1 Å². The second-order valence-electron chi connectivity index (χ2n) is 3.77. The van der Waals surface area contributed by atoms with Gasteiger partial charge in [-0.15, -0.1) is 0 Å². The minimum absolute atomic E-state index is 0.0617. The van der Waals surface area contributed by atoms with Crippen LogP contribution in [0, 0.1) is 0 Å². The largest absolute Gasteiger partial charge is 0.466 e. The number of amides is 1. The van der Waals surface area contributed by atoms with Crippen LogP contribution in [0.5, 0.6) is 0 Å². The molecule has 0 rings (SSSR count). The monoisotopic (exact) mass is 229 g/mol. The highest BCUT2D eigenvalue weighted by Crippen LogP contribution is 2.02. The molecule has 0 saturated heterocycles. The molecule has 0 aliphatic rings. The predicted molar refractivity (Wildman–Crippen MR) is 63.0 cm³/mol. The molecule has 0 bridgehead atoms. The summed E-state index contributed by atoms with van der Waals surface area (Å²) in [6, 6.07) is 0.236. The zero-order valence-corrected chi connectivity index (χ0v) is 10.5. The van der Waals surface area contributed by atoms with Gasteiger partial charge in [0, 0.05) is 12.5 Å². The smallest absolute Gasteiger partial charge is 0.306 e. The van der Waals surface area contributed by atoms with Crippen LogP contribution in [0.1, 0.15) is 52.9 Å². The van der Waals surface area contributed by atoms with Crippen molar-refractivity contribution in [1.29, 1.82) is 0 Å². The van der Waals surface area contributed by atoms with Crippen LogP contribution in [0.2, 0.25) is 0 Å². The third-order valence-corrected chi connectivity index (χ3v) is 2.36. The number of hydrogen-bond acceptors (Lipinski definition) is 3. The molecule has 1 N–H and O–H groups in total. The van der Waals surface area contributed by atoms with Crippen molar-refractivity contribution in [2.45, 2.75) is 58.9 Å². The van der Waals surface area contributed by atoms with Crippen molar-refractivity contribution in [1.82, 2.24) is 5.32 Å². The van der Waals surface area contributed by atoms with Gasteiger partial charge in [-0.05, 0) is 19.8 Å². The lowest BCUT2D eigenvalue weighted by atomic mass is 10.1. The molecule has 1 unspecified atom stereocenters. The molecular formula is C12H23NO3. The molecule has 0 aromatic rings. The Balaban J connectivity index is 3.75. The fourth-order valence-electron chi connectivity index (χ4n) is 1.48. The Morgan fingerprint density at radius 3 is 2.38 bits per heavy atom. The first-order valence-electron chi connectivity index (χ1n) is 6.08. The topological polar surface area (TPSA) is 55.4 Å². The van der Waals surface area contributed by atoms with E-state index in [9.17, 15) is 9.59 Å². The van der Waals surface area contributed by atoms with Gasteiger partial charge in [0.1, 0.15) is 0 Å². The van der Waals surface area contributed by atoms with Crippen LogP contribution in [0.15, 0.2) is 0 Å². The second-order valence-corrected chi connectivity index (χ2v) is 3.77. The molecule has 0 saturated carbocycles. The Bertz CT molecular complexity index is 216. The van der Waals surface area contributed by atoms with E-state index in [2.05, 4.69) is 12.2 Å². The Morgan fingerprint density at radius 2 is 1.88 bits per heavy atom. The molecule has 0 aliphatic heterocycles. The first kappa shape index (κ1) is 14.9. The molecule has 0 aliphatic carbocycles. The van der Waals surface area contributed by atoms with Gasteiger partial charge in [-0.2, -0.15) is 0 Å². The van der Waals surface area contributed by atoms with E-state index in [-0.39, 0.29) is 30.8 Å². The van der Waals surface area contributed by atoms with Crippen molar-refractivity contribution in [2.75, 3.05) is 6.61 Å². The molecule has 1 amide bonds. The maximum atomic E-state index is 11.5. The average molecular weight is 229 g/mol. The van der Waals surface area contributed by atoms with Crippen LogP contribution in [-0.4, -0.2) is 24.5 Å². The second kappa shape index (κ2) is 9.19. The Hall–Kier alpha value is -1.06. The highest BCUT2D eigenvalue weighted by atomic mass is 16.5. The van der Waals surface area contributed by atoms with Crippen LogP contribution in [0.3, 0.4) is 0 Å². The molecule has 0 aromatic carbocycles. The van der Waals surface area contributed by atoms with E-state index < -0.39 is 0 Å². The summed E-state index contributed by atoms with van der Waals surface area (Å²) in [4.78, 5) is 22.5. The number of ether oxygens (including phenoxy) is 1. The van der Waals surface area contributed by atoms with Crippen LogP contribution in [0.25, 0.3) is 0 Å². The lowest BCUT2D eigenvalue weighted by molar-refractivity contribution is -0.144. The van der Waals surface area contributed by atoms with Gasteiger partial charge in [-0.1, -0.05) is 20.3 Å². The van der Waals surface area contributed by atoms with Crippen LogP contribution in [-0.2, 0) is 14.3 Å². The molecule has 16 heavy (non-hydrogen) atoms. The summed E-state index contributed by atoms with van der Waals surface area (Å²) in [6.45, 7) is 6.26. The fraction of sp³-hybridized carbons (Fsp3) is 0.833. The van der Waals surface area contributed by atoms with E-state index in [1.807, 2.05) is 6.92 Å². The van der Waals surface area contributed by atoms with Crippen LogP contribution >= 0.6 is 0 Å². The van der Waals surface area contributed by atoms with E-state index in [0.29, 0.717) is 6.61 Å². The standard InChI is InChI=1S/C12H23NO3/c1-4-7-10(5-2)13-11(14)8-9-12(15)16-6-3/h10H,4-9H2,1-3H3,(H,13,14). The van der Waals surface area contributed by atoms with Crippen molar-refractivity contribution < 1.29 is 14.3 Å². The summed E-state index contributed by atoms with van der Waals surface area (Å²) in [5.74, 6) is -0.366. The van der Waals surface area contributed by atoms with Gasteiger partial charge in [-0.25, -0.2) is 0 Å². The van der Waals surface area contributed by atoms with E-state index in [1.165, 1.54) is 0 Å². The minimum atomic E-state index is -0.304. The first-order valence-corrected chi connectivity index (χ1v) is 6.08. The van der Waals surface area contributed by atoms with Gasteiger partial charge in [-0.3, -0.25) is 9.59 Å². The number of carbonyl (C=O) groups excluding carboxylic acids is 2. The van der Waals surface area contributed by atoms with Crippen molar-refractivity contribution in [2.24, 2.45) is 0 Å². The summed E-state index contributed by atoms with van der Waals surface area (Å²) in [7, 11) is 0. The molecule has 0 radical (unpaired) electrons. The Kier molecular flexibility index (Phi) is 8.58. The van der Waals surface area contributed by atoms with E-state index in [4.69, 9.17) is 4.74 Å². The number of rotatable bonds is 8. The lowest BCUT2D eigenvalue weighted by Gasteiger charge is -2.15. The number of nitrogens with one attached hydrogen (secondary N) is 1. The van der Waals surface area contributed by atoms with Crippen molar-refractivity contribution in [3.8, 4) is 0 Å². The third-order valence-electron chi connectivity index (χ3n) is 2.36. The van der Waals surface area contributed by atoms with Crippen molar-refractivity contribution in [3.63, 3.8) is 0 Å². The molecule has 4 heteroatoms. The van der Waals surface area contributed by atoms with E-state index >= 15 is 0 Å². The van der Waals surface area contributed by atoms with E-state index in [1.54, 1.807) is 6.92 Å². The summed E-state index contributed by atoms with van der Waals surface area (Å²) in [5, 5.41) is 2.92. The summed E-state index contributed by atoms with van der Waals surface area (Å²) in [6.07, 6.45) is 3.36. The van der Waals surface area contributed by atoms with Crippen LogP contribution in [0.4, 0.5) is 0 Å². The minimum Gasteiger partial charge on any atom is -0.466 e. The van der Waals surface area contributed by atoms with Crippen LogP contribution < -0.4 is 5.32 Å². The van der Waals surface area contributed by atoms with Gasteiger partial charge in [0.2, 0.25) is 5.91 Å². The highest BCUT2D eigenvalue weighted by Gasteiger charge is 2.11. The molecule has 1 atom stereocenters. The molecular weight excluding hydrogens is 206 g/mol. The third kappa shape index (κ3) is 7.26. The summed E-state index contributed by atoms with van der Waals surface area (Å²) in [5.41, 5.74) is 0. The van der Waals surface area contributed by atoms with Gasteiger partial charge in [0.05, 0.1) is 13.0 Å². The summed E-state index contributed by atoms with van der Waals surface area (Å²) < 4.78 is 4.75. The molecule has 0 spiro atoms. The molecule has 0 aromatic heterocycles. The normalized spacial score (nSPS) is 11.9. The zero-order valence-electron chi connectivity index (χ0n) is 10.5. The van der Waals surface area contributed by atoms with Gasteiger partial charge in [0.25, 0.3) is 0 Å². The number of esters is 1. The van der Waals surface area contributed by atoms with Crippen molar-refractivity contribution in [3.05, 3.63) is 0 Å². The van der Waals surface area contributed by atoms with Crippen molar-refractivity contribution >= 4 is 11.9 Å². The fourth-order valence-corrected chi connectivity index (χ4v) is 1.48. The Labute approximate surface area is 97.7 Å². The molecule has 94 valence electrons. The number of carbonyl (C=O) groups is 2. The summed E-state index contributed by atoms with van der Waals surface area (Å²) >= 11 is 0. The average Bonchev–Trinajstić information content (AvgIpc) is 2.26. The molecule has 0 fully saturated rings. The maximum absolute atomic E-state index is 11.5. The molecule has 0 heterocycles. The SMILES string of the molecule is CCCC(CC)NC(=O)CCC(=O)OCC. The quantitative estimate of drug-likeness (QED) is 0.648. The molecule has 4 nitrogen and oxygen atoms in total. The predicted octanol–water partition coefficient (Wildman–Crippen LogP) is 2.02. The lowest BCUT2D eigenvalue weighted by Crippen LogP contribution is -2.34.